The Hall–Kier alpha value is -4.39. The van der Waals surface area contributed by atoms with Gasteiger partial charge in [-0.05, 0) is 66.9 Å². The third-order valence-corrected chi connectivity index (χ3v) is 6.18. The number of hydrogen-bond acceptors (Lipinski definition) is 6. The largest absolute Gasteiger partial charge is 0.507 e. The molecule has 3 aromatic rings. The van der Waals surface area contributed by atoms with Crippen LogP contribution in [0.25, 0.3) is 5.76 Å². The number of rotatable bonds is 5. The number of aliphatic hydroxyl groups is 1. The van der Waals surface area contributed by atoms with Gasteiger partial charge < -0.3 is 14.6 Å². The molecule has 0 spiro atoms. The summed E-state index contributed by atoms with van der Waals surface area (Å²) in [5.41, 5.74) is 3.47. The lowest BCUT2D eigenvalue weighted by Crippen LogP contribution is -2.29. The summed E-state index contributed by atoms with van der Waals surface area (Å²) in [4.78, 5) is 40.1. The third-order valence-electron chi connectivity index (χ3n) is 6.18. The Morgan fingerprint density at radius 3 is 2.31 bits per heavy atom. The van der Waals surface area contributed by atoms with Crippen molar-refractivity contribution in [3.8, 4) is 5.75 Å². The van der Waals surface area contributed by atoms with Gasteiger partial charge in [-0.1, -0.05) is 30.3 Å². The van der Waals surface area contributed by atoms with E-state index < -0.39 is 23.7 Å². The molecule has 1 heterocycles. The molecule has 1 fully saturated rings. The van der Waals surface area contributed by atoms with Gasteiger partial charge in [-0.3, -0.25) is 14.5 Å². The molecule has 7 nitrogen and oxygen atoms in total. The number of anilines is 1. The molecule has 0 aromatic heterocycles. The fourth-order valence-corrected chi connectivity index (χ4v) is 4.17. The van der Waals surface area contributed by atoms with Gasteiger partial charge in [0, 0.05) is 11.3 Å². The fraction of sp³-hybridized carbons (Fsp3) is 0.179. The summed E-state index contributed by atoms with van der Waals surface area (Å²) in [6.07, 6.45) is 0. The summed E-state index contributed by atoms with van der Waals surface area (Å²) in [5.74, 6) is -1.95. The van der Waals surface area contributed by atoms with Gasteiger partial charge in [-0.15, -0.1) is 0 Å². The number of benzene rings is 3. The van der Waals surface area contributed by atoms with Crippen LogP contribution in [0, 0.1) is 13.8 Å². The quantitative estimate of drug-likeness (QED) is 0.250. The van der Waals surface area contributed by atoms with Gasteiger partial charge in [0.2, 0.25) is 0 Å². The number of ketones is 1. The van der Waals surface area contributed by atoms with E-state index in [1.54, 1.807) is 54.6 Å². The van der Waals surface area contributed by atoms with Crippen LogP contribution >= 0.6 is 0 Å². The van der Waals surface area contributed by atoms with Crippen LogP contribution in [0.1, 0.15) is 38.7 Å². The van der Waals surface area contributed by atoms with Crippen molar-refractivity contribution in [1.29, 1.82) is 0 Å². The number of amides is 1. The minimum atomic E-state index is -0.945. The van der Waals surface area contributed by atoms with Crippen LogP contribution in [-0.4, -0.2) is 37.0 Å². The van der Waals surface area contributed by atoms with Gasteiger partial charge >= 0.3 is 5.97 Å². The molecule has 1 amide bonds. The van der Waals surface area contributed by atoms with Crippen molar-refractivity contribution in [3.63, 3.8) is 0 Å². The topological polar surface area (TPSA) is 93.1 Å². The number of methoxy groups -OCH3 is 2. The van der Waals surface area contributed by atoms with Gasteiger partial charge in [0.05, 0.1) is 31.4 Å². The summed E-state index contributed by atoms with van der Waals surface area (Å²) >= 11 is 0. The maximum Gasteiger partial charge on any atom is 0.337 e. The first-order chi connectivity index (χ1) is 16.8. The average Bonchev–Trinajstić information content (AvgIpc) is 3.15. The Morgan fingerprint density at radius 1 is 0.886 bits per heavy atom. The molecule has 7 heteroatoms. The lowest BCUT2D eigenvalue weighted by Gasteiger charge is -2.26. The predicted octanol–water partition coefficient (Wildman–Crippen LogP) is 4.72. The van der Waals surface area contributed by atoms with Crippen molar-refractivity contribution in [3.05, 3.63) is 100 Å². The first-order valence-electron chi connectivity index (χ1n) is 11.0. The van der Waals surface area contributed by atoms with Gasteiger partial charge in [0.15, 0.2) is 0 Å². The van der Waals surface area contributed by atoms with Crippen LogP contribution in [0.15, 0.2) is 72.3 Å². The number of ether oxygens (including phenoxy) is 2. The molecule has 1 unspecified atom stereocenters. The minimum absolute atomic E-state index is 0.0463. The number of carbonyl (C=O) groups is 3. The Labute approximate surface area is 203 Å². The van der Waals surface area contributed by atoms with Crippen LogP contribution in [0.2, 0.25) is 0 Å². The molecular formula is C28H25NO6. The van der Waals surface area contributed by atoms with E-state index in [0.717, 1.165) is 11.1 Å². The second-order valence-corrected chi connectivity index (χ2v) is 8.29. The second-order valence-electron chi connectivity index (χ2n) is 8.29. The van der Waals surface area contributed by atoms with Gasteiger partial charge in [0.1, 0.15) is 11.5 Å². The maximum absolute atomic E-state index is 13.3. The molecule has 1 aliphatic rings. The molecule has 35 heavy (non-hydrogen) atoms. The Kier molecular flexibility index (Phi) is 6.42. The first-order valence-corrected chi connectivity index (χ1v) is 11.0. The summed E-state index contributed by atoms with van der Waals surface area (Å²) in [7, 11) is 2.78. The summed E-state index contributed by atoms with van der Waals surface area (Å²) < 4.78 is 10.2. The van der Waals surface area contributed by atoms with E-state index in [2.05, 4.69) is 0 Å². The highest BCUT2D eigenvalue weighted by atomic mass is 16.5. The third kappa shape index (κ3) is 4.28. The molecule has 178 valence electrons. The zero-order chi connectivity index (χ0) is 25.3. The molecule has 1 N–H and O–H groups in total. The number of carbonyl (C=O) groups excluding carboxylic acids is 3. The Bertz CT molecular complexity index is 1370. The number of nitrogens with zero attached hydrogens (tertiary/aromatic N) is 1. The second kappa shape index (κ2) is 9.46. The van der Waals surface area contributed by atoms with Gasteiger partial charge in [-0.25, -0.2) is 4.79 Å². The molecule has 1 aliphatic heterocycles. The number of esters is 1. The predicted molar refractivity (Wildman–Crippen MR) is 131 cm³/mol. The highest BCUT2D eigenvalue weighted by Crippen LogP contribution is 2.43. The molecule has 0 saturated carbocycles. The van der Waals surface area contributed by atoms with Crippen molar-refractivity contribution >= 4 is 29.1 Å². The highest BCUT2D eigenvalue weighted by molar-refractivity contribution is 6.51. The van der Waals surface area contributed by atoms with Gasteiger partial charge in [-0.2, -0.15) is 0 Å². The molecule has 4 rings (SSSR count). The molecule has 0 bridgehead atoms. The maximum atomic E-state index is 13.3. The van der Waals surface area contributed by atoms with Crippen LogP contribution in [-0.2, 0) is 14.3 Å². The summed E-state index contributed by atoms with van der Waals surface area (Å²) in [5, 5.41) is 11.3. The molecule has 3 aromatic carbocycles. The summed E-state index contributed by atoms with van der Waals surface area (Å²) in [6.45, 7) is 3.85. The molecule has 1 saturated heterocycles. The fourth-order valence-electron chi connectivity index (χ4n) is 4.17. The monoisotopic (exact) mass is 471 g/mol. The standard InChI is InChI=1S/C28H25NO6/c1-16-11-12-19(13-17(16)2)25(30)23-24(18-7-6-10-22(15-18)34-3)29(27(32)26(23)31)21-9-5-8-20(14-21)28(33)35-4/h5-15,24,30H,1-4H3/b25-23+. The number of aliphatic hydroxyl groups excluding tert-OH is 1. The van der Waals surface area contributed by atoms with Crippen LogP contribution in [0.3, 0.4) is 0 Å². The van der Waals surface area contributed by atoms with Crippen LogP contribution in [0.5, 0.6) is 5.75 Å². The molecule has 0 aliphatic carbocycles. The number of aryl methyl sites for hydroxylation is 2. The van der Waals surface area contributed by atoms with E-state index in [-0.39, 0.29) is 16.9 Å². The van der Waals surface area contributed by atoms with E-state index in [1.807, 2.05) is 19.9 Å². The molecular weight excluding hydrogens is 446 g/mol. The zero-order valence-electron chi connectivity index (χ0n) is 19.9. The Balaban J connectivity index is 1.96. The first kappa shape index (κ1) is 23.8. The van der Waals surface area contributed by atoms with Crippen LogP contribution in [0.4, 0.5) is 5.69 Å². The van der Waals surface area contributed by atoms with Crippen molar-refractivity contribution in [2.24, 2.45) is 0 Å². The normalized spacial score (nSPS) is 16.9. The molecule has 0 radical (unpaired) electrons. The van der Waals surface area contributed by atoms with E-state index in [4.69, 9.17) is 9.47 Å². The zero-order valence-corrected chi connectivity index (χ0v) is 19.9. The van der Waals surface area contributed by atoms with E-state index in [1.165, 1.54) is 25.2 Å². The lowest BCUT2D eigenvalue weighted by molar-refractivity contribution is -0.132. The van der Waals surface area contributed by atoms with E-state index in [9.17, 15) is 19.5 Å². The summed E-state index contributed by atoms with van der Waals surface area (Å²) in [6, 6.07) is 17.6. The van der Waals surface area contributed by atoms with Crippen molar-refractivity contribution < 1.29 is 29.0 Å². The van der Waals surface area contributed by atoms with E-state index in [0.29, 0.717) is 22.6 Å². The number of Topliss-reactive ketones (excluding diaryl/α,β-unsaturated/α-hetero) is 1. The lowest BCUT2D eigenvalue weighted by atomic mass is 9.94. The minimum Gasteiger partial charge on any atom is -0.507 e. The molecule has 1 atom stereocenters. The van der Waals surface area contributed by atoms with Gasteiger partial charge in [0.25, 0.3) is 11.7 Å². The average molecular weight is 472 g/mol. The van der Waals surface area contributed by atoms with Crippen molar-refractivity contribution in [2.45, 2.75) is 19.9 Å². The van der Waals surface area contributed by atoms with Crippen molar-refractivity contribution in [2.75, 3.05) is 19.1 Å². The Morgan fingerprint density at radius 2 is 1.63 bits per heavy atom. The van der Waals surface area contributed by atoms with Crippen molar-refractivity contribution in [1.82, 2.24) is 0 Å². The van der Waals surface area contributed by atoms with E-state index >= 15 is 0 Å². The smallest absolute Gasteiger partial charge is 0.337 e. The SMILES string of the molecule is COC(=O)c1cccc(N2C(=O)C(=O)/C(=C(/O)c3ccc(C)c(C)c3)C2c2cccc(OC)c2)c1. The van der Waals surface area contributed by atoms with Crippen LogP contribution < -0.4 is 9.64 Å². The number of hydrogen-bond donors (Lipinski definition) is 1. The highest BCUT2D eigenvalue weighted by Gasteiger charge is 2.47.